The summed E-state index contributed by atoms with van der Waals surface area (Å²) in [6, 6.07) is 6.32. The molecule has 0 aliphatic rings. The zero-order valence-electron chi connectivity index (χ0n) is 26.5. The Bertz CT molecular complexity index is 1400. The van der Waals surface area contributed by atoms with Crippen molar-refractivity contribution in [2.45, 2.75) is 117 Å². The first-order valence-electron chi connectivity index (χ1n) is 15.5. The smallest absolute Gasteiger partial charge is 0.219 e. The van der Waals surface area contributed by atoms with Gasteiger partial charge in [0.15, 0.2) is 17.5 Å². The number of unbranched alkanes of at least 4 members (excludes halogenated alkanes) is 9. The quantitative estimate of drug-likeness (QED) is 0.0884. The molecule has 1 aromatic carbocycles. The summed E-state index contributed by atoms with van der Waals surface area (Å²) in [5, 5.41) is 25.1. The summed E-state index contributed by atoms with van der Waals surface area (Å²) in [6.07, 6.45) is 13.8. The number of halogens is 3. The molecular formula is C30H48Cl3N9S3. The largest absolute Gasteiger partial charge is 0.278 e. The molecule has 3 heterocycles. The monoisotopic (exact) mass is 735 g/mol. The standard InChI is InChI=1S/C30H45N9S3.3ClH/c1-4-7-10-13-16-37-25(34-28(31)40-37)22-19-23(26-35-29(32)41-38(26)17-14-11-8-5-2)21-24(20-22)27-36-30(33)42-39(27)18-15-12-9-6-3;;;/h19-21,31-33H,4-18H2,1-3H3;3*1H. The number of rotatable bonds is 18. The molecule has 9 nitrogen and oxygen atoms in total. The molecule has 0 aliphatic heterocycles. The highest BCUT2D eigenvalue weighted by atomic mass is 35.5. The van der Waals surface area contributed by atoms with Gasteiger partial charge in [0.2, 0.25) is 14.4 Å². The van der Waals surface area contributed by atoms with Crippen LogP contribution in [-0.2, 0) is 19.6 Å². The number of nitrogens with one attached hydrogen (secondary N) is 3. The van der Waals surface area contributed by atoms with Crippen molar-refractivity contribution in [3.8, 4) is 34.2 Å². The normalized spacial score (nSPS) is 10.7. The van der Waals surface area contributed by atoms with Gasteiger partial charge in [-0.05, 0) is 72.1 Å². The summed E-state index contributed by atoms with van der Waals surface area (Å²) in [7, 11) is 0. The van der Waals surface area contributed by atoms with Gasteiger partial charge in [0.05, 0.1) is 0 Å². The fourth-order valence-electron chi connectivity index (χ4n) is 5.10. The minimum Gasteiger partial charge on any atom is -0.278 e. The molecule has 0 unspecified atom stereocenters. The topological polar surface area (TPSA) is 125 Å². The van der Waals surface area contributed by atoms with Crippen LogP contribution in [0.15, 0.2) is 18.2 Å². The van der Waals surface area contributed by atoms with Crippen molar-refractivity contribution in [1.82, 2.24) is 26.8 Å². The maximum Gasteiger partial charge on any atom is 0.219 e. The van der Waals surface area contributed by atoms with Gasteiger partial charge < -0.3 is 0 Å². The molecule has 252 valence electrons. The maximum atomic E-state index is 8.36. The van der Waals surface area contributed by atoms with Crippen LogP contribution in [-0.4, -0.2) is 26.8 Å². The van der Waals surface area contributed by atoms with Gasteiger partial charge in [0.1, 0.15) is 0 Å². The van der Waals surface area contributed by atoms with Crippen molar-refractivity contribution in [2.75, 3.05) is 0 Å². The number of aromatic nitrogens is 6. The fourth-order valence-corrected chi connectivity index (χ4v) is 7.47. The molecule has 0 saturated heterocycles. The molecule has 4 aromatic rings. The molecule has 45 heavy (non-hydrogen) atoms. The third kappa shape index (κ3) is 11.7. The second kappa shape index (κ2) is 21.1. The lowest BCUT2D eigenvalue weighted by Crippen LogP contribution is -2.03. The summed E-state index contributed by atoms with van der Waals surface area (Å²) in [6.45, 7) is 9.15. The summed E-state index contributed by atoms with van der Waals surface area (Å²) in [5.74, 6) is 2.36. The molecule has 0 spiro atoms. The molecule has 3 N–H and O–H groups in total. The SMILES string of the molecule is CCCCCCn1sc(=N)nc1-c1cc(-c2nc(=N)sn2CCCCCC)cc(-c2nc(=N)sn2CCCCCC)c1.Cl.Cl.Cl. The van der Waals surface area contributed by atoms with Gasteiger partial charge in [0.25, 0.3) is 0 Å². The maximum absolute atomic E-state index is 8.36. The third-order valence-corrected chi connectivity index (χ3v) is 9.79. The minimum absolute atomic E-state index is 0. The molecule has 4 rings (SSSR count). The molecule has 0 fully saturated rings. The fraction of sp³-hybridized carbons (Fsp3) is 0.600. The zero-order valence-corrected chi connectivity index (χ0v) is 31.4. The number of benzene rings is 1. The first-order chi connectivity index (χ1) is 20.4. The minimum atomic E-state index is 0. The van der Waals surface area contributed by atoms with Gasteiger partial charge in [-0.1, -0.05) is 78.6 Å². The van der Waals surface area contributed by atoms with E-state index in [-0.39, 0.29) is 37.2 Å². The van der Waals surface area contributed by atoms with Crippen LogP contribution >= 0.6 is 71.8 Å². The van der Waals surface area contributed by atoms with Crippen LogP contribution in [0.4, 0.5) is 0 Å². The molecule has 0 saturated carbocycles. The lowest BCUT2D eigenvalue weighted by atomic mass is 10.0. The first kappa shape index (κ1) is 41.2. The van der Waals surface area contributed by atoms with E-state index in [2.05, 4.69) is 65.8 Å². The number of aryl methyl sites for hydroxylation is 3. The van der Waals surface area contributed by atoms with E-state index < -0.39 is 0 Å². The molecule has 0 bridgehead atoms. The summed E-state index contributed by atoms with van der Waals surface area (Å²) < 4.78 is 6.44. The average molecular weight is 737 g/mol. The number of hydrogen-bond donors (Lipinski definition) is 3. The van der Waals surface area contributed by atoms with E-state index in [1.165, 1.54) is 73.1 Å². The first-order valence-corrected chi connectivity index (χ1v) is 17.8. The summed E-state index contributed by atoms with van der Waals surface area (Å²) in [4.78, 5) is 14.9. The Kier molecular flexibility index (Phi) is 19.3. The Labute approximate surface area is 297 Å². The Morgan fingerprint density at radius 1 is 0.467 bits per heavy atom. The van der Waals surface area contributed by atoms with Crippen LogP contribution in [0.3, 0.4) is 0 Å². The predicted molar refractivity (Wildman–Crippen MR) is 195 cm³/mol. The Hall–Kier alpha value is -1.83. The van der Waals surface area contributed by atoms with E-state index in [1.54, 1.807) is 0 Å². The van der Waals surface area contributed by atoms with Gasteiger partial charge in [-0.2, -0.15) is 15.0 Å². The van der Waals surface area contributed by atoms with Crippen molar-refractivity contribution in [2.24, 2.45) is 0 Å². The van der Waals surface area contributed by atoms with Crippen LogP contribution in [0.25, 0.3) is 34.2 Å². The van der Waals surface area contributed by atoms with Gasteiger partial charge in [-0.15, -0.1) is 37.2 Å². The number of hydrogen-bond acceptors (Lipinski definition) is 9. The van der Waals surface area contributed by atoms with Gasteiger partial charge in [0, 0.05) is 36.3 Å². The Morgan fingerprint density at radius 2 is 0.733 bits per heavy atom. The van der Waals surface area contributed by atoms with E-state index in [1.807, 2.05) is 0 Å². The Morgan fingerprint density at radius 3 is 0.978 bits per heavy atom. The van der Waals surface area contributed by atoms with Gasteiger partial charge in [-0.3, -0.25) is 28.1 Å². The lowest BCUT2D eigenvalue weighted by molar-refractivity contribution is 0.605. The second-order valence-electron chi connectivity index (χ2n) is 10.8. The summed E-state index contributed by atoms with van der Waals surface area (Å²) in [5.41, 5.74) is 2.76. The number of nitrogens with zero attached hydrogens (tertiary/aromatic N) is 6. The van der Waals surface area contributed by atoms with Crippen molar-refractivity contribution < 1.29 is 0 Å². The van der Waals surface area contributed by atoms with E-state index >= 15 is 0 Å². The van der Waals surface area contributed by atoms with Crippen molar-refractivity contribution in [3.63, 3.8) is 0 Å². The van der Waals surface area contributed by atoms with Crippen LogP contribution in [0.5, 0.6) is 0 Å². The molecule has 0 amide bonds. The van der Waals surface area contributed by atoms with E-state index in [0.29, 0.717) is 14.4 Å². The van der Waals surface area contributed by atoms with Crippen molar-refractivity contribution in [1.29, 1.82) is 16.2 Å². The highest BCUT2D eigenvalue weighted by Gasteiger charge is 2.18. The molecule has 0 aliphatic carbocycles. The molecular weight excluding hydrogens is 689 g/mol. The van der Waals surface area contributed by atoms with Gasteiger partial charge in [-0.25, -0.2) is 0 Å². The van der Waals surface area contributed by atoms with Crippen LogP contribution in [0.2, 0.25) is 0 Å². The molecule has 3 aromatic heterocycles. The van der Waals surface area contributed by atoms with Crippen molar-refractivity contribution in [3.05, 3.63) is 32.6 Å². The zero-order chi connectivity index (χ0) is 29.9. The highest BCUT2D eigenvalue weighted by Crippen LogP contribution is 2.32. The van der Waals surface area contributed by atoms with E-state index in [9.17, 15) is 0 Å². The van der Waals surface area contributed by atoms with E-state index in [0.717, 1.165) is 92.3 Å². The van der Waals surface area contributed by atoms with Crippen LogP contribution in [0.1, 0.15) is 97.8 Å². The van der Waals surface area contributed by atoms with Crippen LogP contribution in [0, 0.1) is 16.2 Å². The second-order valence-corrected chi connectivity index (χ2v) is 13.8. The molecule has 0 radical (unpaired) electrons. The average Bonchev–Trinajstić information content (AvgIpc) is 3.66. The van der Waals surface area contributed by atoms with E-state index in [4.69, 9.17) is 16.2 Å². The molecule has 0 atom stereocenters. The summed E-state index contributed by atoms with van der Waals surface area (Å²) >= 11 is 4.17. The predicted octanol–water partition coefficient (Wildman–Crippen LogP) is 8.91. The Balaban J connectivity index is 0.00000337. The van der Waals surface area contributed by atoms with Gasteiger partial charge >= 0.3 is 0 Å². The highest BCUT2D eigenvalue weighted by molar-refractivity contribution is 7.04. The molecule has 15 heteroatoms. The van der Waals surface area contributed by atoms with Crippen LogP contribution < -0.4 is 14.4 Å². The van der Waals surface area contributed by atoms with Crippen molar-refractivity contribution >= 4 is 71.8 Å². The lowest BCUT2D eigenvalue weighted by Gasteiger charge is -2.13. The third-order valence-electron chi connectivity index (χ3n) is 7.27.